The molecule has 32 heavy (non-hydrogen) atoms. The Bertz CT molecular complexity index is 1100. The van der Waals surface area contributed by atoms with Gasteiger partial charge in [-0.1, -0.05) is 43.3 Å². The molecule has 0 spiro atoms. The summed E-state index contributed by atoms with van der Waals surface area (Å²) in [4.78, 5) is 4.68. The molecule has 0 unspecified atom stereocenters. The highest BCUT2D eigenvalue weighted by atomic mass is 32.2. The number of hydrogen-bond acceptors (Lipinski definition) is 9. The minimum absolute atomic E-state index is 0.415. The summed E-state index contributed by atoms with van der Waals surface area (Å²) in [6, 6.07) is 11.5. The number of aromatic nitrogens is 3. The van der Waals surface area contributed by atoms with E-state index in [-0.39, 0.29) is 0 Å². The Morgan fingerprint density at radius 3 is 2.50 bits per heavy atom. The van der Waals surface area contributed by atoms with Gasteiger partial charge in [-0.2, -0.15) is 4.98 Å². The third-order valence-corrected chi connectivity index (χ3v) is 6.00. The molecule has 8 nitrogen and oxygen atoms in total. The first-order valence-electron chi connectivity index (χ1n) is 10.4. The van der Waals surface area contributed by atoms with Gasteiger partial charge in [0.2, 0.25) is 17.3 Å². The number of unbranched alkanes of at least 4 members (excludes halogenated alkanes) is 1. The quantitative estimate of drug-likeness (QED) is 0.375. The van der Waals surface area contributed by atoms with Gasteiger partial charge in [-0.3, -0.25) is 0 Å². The number of hydrogen-bond donors (Lipinski definition) is 1. The van der Waals surface area contributed by atoms with Gasteiger partial charge in [0.1, 0.15) is 5.75 Å². The van der Waals surface area contributed by atoms with Crippen LogP contribution < -0.4 is 24.3 Å². The summed E-state index contributed by atoms with van der Waals surface area (Å²) >= 11 is 1.58. The summed E-state index contributed by atoms with van der Waals surface area (Å²) in [5.74, 6) is 3.08. The maximum atomic E-state index is 6.37. The molecule has 4 rings (SSSR count). The van der Waals surface area contributed by atoms with Crippen LogP contribution in [0.4, 0.5) is 5.69 Å². The highest BCUT2D eigenvalue weighted by Crippen LogP contribution is 2.43. The van der Waals surface area contributed by atoms with Crippen LogP contribution in [0.2, 0.25) is 0 Å². The second kappa shape index (κ2) is 9.95. The summed E-state index contributed by atoms with van der Waals surface area (Å²) in [6.07, 6.45) is 1.60. The number of benzene rings is 2. The number of nitrogens with zero attached hydrogens (tertiary/aromatic N) is 3. The first kappa shape index (κ1) is 22.0. The molecule has 2 aromatic carbocycles. The fourth-order valence-electron chi connectivity index (χ4n) is 3.41. The number of fused-ring (bicyclic) bond motifs is 3. The normalized spacial score (nSPS) is 14.3. The summed E-state index contributed by atoms with van der Waals surface area (Å²) < 4.78 is 22.9. The first-order valence-corrected chi connectivity index (χ1v) is 11.4. The lowest BCUT2D eigenvalue weighted by atomic mass is 10.1. The van der Waals surface area contributed by atoms with Crippen LogP contribution in [0.3, 0.4) is 0 Å². The second-order valence-corrected chi connectivity index (χ2v) is 8.15. The predicted octanol–water partition coefficient (Wildman–Crippen LogP) is 4.96. The van der Waals surface area contributed by atoms with E-state index in [0.717, 1.165) is 35.4 Å². The molecule has 1 N–H and O–H groups in total. The molecule has 1 aliphatic rings. The van der Waals surface area contributed by atoms with Crippen molar-refractivity contribution in [3.05, 3.63) is 42.0 Å². The van der Waals surface area contributed by atoms with Crippen LogP contribution in [0.25, 0.3) is 11.3 Å². The first-order chi connectivity index (χ1) is 15.7. The maximum Gasteiger partial charge on any atom is 0.247 e. The number of ether oxygens (including phenoxy) is 4. The van der Waals surface area contributed by atoms with Gasteiger partial charge in [0.15, 0.2) is 17.2 Å². The summed E-state index contributed by atoms with van der Waals surface area (Å²) in [5, 5.41) is 12.8. The van der Waals surface area contributed by atoms with Crippen LogP contribution in [0.15, 0.2) is 41.6 Å². The van der Waals surface area contributed by atoms with E-state index in [2.05, 4.69) is 27.4 Å². The smallest absolute Gasteiger partial charge is 0.247 e. The van der Waals surface area contributed by atoms with Crippen LogP contribution in [-0.4, -0.2) is 42.3 Å². The van der Waals surface area contributed by atoms with E-state index in [1.807, 2.05) is 30.3 Å². The van der Waals surface area contributed by atoms with Crippen molar-refractivity contribution in [1.29, 1.82) is 0 Å². The van der Waals surface area contributed by atoms with Crippen LogP contribution >= 0.6 is 11.8 Å². The Balaban J connectivity index is 1.79. The molecule has 1 aliphatic heterocycles. The zero-order chi connectivity index (χ0) is 22.5. The van der Waals surface area contributed by atoms with Gasteiger partial charge in [-0.15, -0.1) is 10.2 Å². The average molecular weight is 455 g/mol. The summed E-state index contributed by atoms with van der Waals surface area (Å²) in [6.45, 7) is 2.16. The van der Waals surface area contributed by atoms with Crippen molar-refractivity contribution in [3.63, 3.8) is 0 Å². The molecule has 9 heteroatoms. The largest absolute Gasteiger partial charge is 0.496 e. The Hall–Kier alpha value is -3.20. The fraction of sp³-hybridized carbons (Fsp3) is 0.348. The van der Waals surface area contributed by atoms with Gasteiger partial charge in [0.25, 0.3) is 0 Å². The van der Waals surface area contributed by atoms with Crippen molar-refractivity contribution in [3.8, 4) is 34.4 Å². The lowest BCUT2D eigenvalue weighted by molar-refractivity contribution is 0.218. The van der Waals surface area contributed by atoms with E-state index in [9.17, 15) is 0 Å². The molecule has 168 valence electrons. The highest BCUT2D eigenvalue weighted by molar-refractivity contribution is 7.99. The zero-order valence-electron chi connectivity index (χ0n) is 18.5. The van der Waals surface area contributed by atoms with Gasteiger partial charge in [-0.25, -0.2) is 0 Å². The summed E-state index contributed by atoms with van der Waals surface area (Å²) in [7, 11) is 4.79. The maximum absolute atomic E-state index is 6.37. The third-order valence-electron chi connectivity index (χ3n) is 5.08. The van der Waals surface area contributed by atoms with E-state index in [4.69, 9.17) is 18.9 Å². The van der Waals surface area contributed by atoms with Crippen LogP contribution in [0.1, 0.15) is 31.6 Å². The molecule has 3 aromatic rings. The molecule has 0 amide bonds. The molecule has 2 heterocycles. The number of rotatable bonds is 8. The standard InChI is InChI=1S/C23H26N4O4S/c1-5-6-11-32-23-25-22-20(26-27-23)14-9-7-8-10-16(14)24-21(31-22)15-12-18(29-3)19(30-4)13-17(15)28-2/h7-10,12-13,21,24H,5-6,11H2,1-4H3/t21-/m1/s1. The van der Waals surface area contributed by atoms with Crippen molar-refractivity contribution in [2.24, 2.45) is 0 Å². The minimum Gasteiger partial charge on any atom is -0.496 e. The number of thioether (sulfide) groups is 1. The Morgan fingerprint density at radius 2 is 1.75 bits per heavy atom. The number of nitrogens with one attached hydrogen (secondary N) is 1. The van der Waals surface area contributed by atoms with Crippen LogP contribution in [0.5, 0.6) is 23.1 Å². The van der Waals surface area contributed by atoms with Gasteiger partial charge in [0, 0.05) is 23.1 Å². The van der Waals surface area contributed by atoms with Crippen molar-refractivity contribution in [2.75, 3.05) is 32.4 Å². The van der Waals surface area contributed by atoms with Crippen molar-refractivity contribution in [1.82, 2.24) is 15.2 Å². The van der Waals surface area contributed by atoms with E-state index >= 15 is 0 Å². The Kier molecular flexibility index (Phi) is 6.84. The molecule has 1 aromatic heterocycles. The van der Waals surface area contributed by atoms with Gasteiger partial charge in [-0.05, 0) is 18.6 Å². The third kappa shape index (κ3) is 4.38. The van der Waals surface area contributed by atoms with E-state index in [1.54, 1.807) is 39.2 Å². The van der Waals surface area contributed by atoms with Crippen molar-refractivity contribution >= 4 is 17.4 Å². The molecule has 0 fully saturated rings. The fourth-order valence-corrected chi connectivity index (χ4v) is 4.28. The van der Waals surface area contributed by atoms with Crippen molar-refractivity contribution in [2.45, 2.75) is 31.1 Å². The molecular formula is C23H26N4O4S. The number of para-hydroxylation sites is 1. The number of methoxy groups -OCH3 is 3. The van der Waals surface area contributed by atoms with E-state index < -0.39 is 6.23 Å². The average Bonchev–Trinajstić information content (AvgIpc) is 2.99. The molecule has 0 bridgehead atoms. The molecule has 0 aliphatic carbocycles. The van der Waals surface area contributed by atoms with Crippen LogP contribution in [-0.2, 0) is 0 Å². The molecule has 0 saturated carbocycles. The molecular weight excluding hydrogens is 428 g/mol. The molecule has 0 radical (unpaired) electrons. The van der Waals surface area contributed by atoms with Crippen LogP contribution in [0, 0.1) is 0 Å². The lowest BCUT2D eigenvalue weighted by Gasteiger charge is -2.22. The zero-order valence-corrected chi connectivity index (χ0v) is 19.4. The number of anilines is 1. The topological polar surface area (TPSA) is 87.6 Å². The summed E-state index contributed by atoms with van der Waals surface area (Å²) in [5.41, 5.74) is 3.06. The van der Waals surface area contributed by atoms with E-state index in [1.165, 1.54) is 0 Å². The van der Waals surface area contributed by atoms with Gasteiger partial charge in [0.05, 0.1) is 26.9 Å². The highest BCUT2D eigenvalue weighted by Gasteiger charge is 2.29. The molecule has 1 atom stereocenters. The second-order valence-electron chi connectivity index (χ2n) is 7.09. The minimum atomic E-state index is -0.600. The Morgan fingerprint density at radius 1 is 1.00 bits per heavy atom. The van der Waals surface area contributed by atoms with Crippen molar-refractivity contribution < 1.29 is 18.9 Å². The molecule has 0 saturated heterocycles. The van der Waals surface area contributed by atoms with E-state index in [0.29, 0.717) is 34.0 Å². The monoisotopic (exact) mass is 454 g/mol. The lowest BCUT2D eigenvalue weighted by Crippen LogP contribution is -2.18. The SMILES string of the molecule is CCCCSc1nnc2c(n1)O[C@H](c1cc(OC)c(OC)cc1OC)Nc1ccccc1-2. The Labute approximate surface area is 191 Å². The predicted molar refractivity (Wildman–Crippen MR) is 124 cm³/mol. The van der Waals surface area contributed by atoms with Gasteiger partial charge >= 0.3 is 0 Å². The van der Waals surface area contributed by atoms with Gasteiger partial charge < -0.3 is 24.3 Å².